The zero-order chi connectivity index (χ0) is 20.3. The van der Waals surface area contributed by atoms with E-state index >= 15 is 0 Å². The van der Waals surface area contributed by atoms with Gasteiger partial charge in [0.1, 0.15) is 5.78 Å². The largest absolute Gasteiger partial charge is 0.412 e. The highest BCUT2D eigenvalue weighted by molar-refractivity contribution is 6.73. The molecule has 0 radical (unpaired) electrons. The monoisotopic (exact) mass is 394 g/mol. The average Bonchev–Trinajstić information content (AvgIpc) is 2.98. The molecule has 0 saturated heterocycles. The predicted octanol–water partition coefficient (Wildman–Crippen LogP) is 7.38. The molecule has 0 amide bonds. The van der Waals surface area contributed by atoms with E-state index in [9.17, 15) is 4.79 Å². The smallest absolute Gasteiger partial charge is 0.192 e. The third kappa shape index (κ3) is 5.07. The van der Waals surface area contributed by atoms with Crippen LogP contribution in [0.1, 0.15) is 99.8 Å². The molecular weight excluding hydrogens is 348 g/mol. The minimum absolute atomic E-state index is 0.0108. The molecule has 2 fully saturated rings. The van der Waals surface area contributed by atoms with Crippen LogP contribution in [-0.2, 0) is 9.22 Å². The summed E-state index contributed by atoms with van der Waals surface area (Å²) in [5.74, 6) is 2.40. The minimum Gasteiger partial charge on any atom is -0.412 e. The third-order valence-corrected chi connectivity index (χ3v) is 13.3. The van der Waals surface area contributed by atoms with Gasteiger partial charge in [-0.1, -0.05) is 47.5 Å². The summed E-state index contributed by atoms with van der Waals surface area (Å²) in [7, 11) is -1.54. The molecule has 0 aromatic heterocycles. The number of hydrogen-bond acceptors (Lipinski definition) is 2. The van der Waals surface area contributed by atoms with E-state index < -0.39 is 8.32 Å². The first-order chi connectivity index (χ1) is 12.6. The van der Waals surface area contributed by atoms with E-state index in [-0.39, 0.29) is 11.0 Å². The number of carbonyl (C=O) groups excluding carboxylic acids is 1. The highest BCUT2D eigenvalue weighted by Gasteiger charge is 2.52. The van der Waals surface area contributed by atoms with E-state index in [4.69, 9.17) is 4.43 Å². The fourth-order valence-electron chi connectivity index (χ4n) is 6.56. The molecule has 0 aliphatic heterocycles. The molecule has 2 nitrogen and oxygen atoms in total. The molecule has 0 aromatic carbocycles. The fraction of sp³-hybridized carbons (Fsp3) is 0.958. The first kappa shape index (κ1) is 23.1. The highest BCUT2D eigenvalue weighted by atomic mass is 28.4. The van der Waals surface area contributed by atoms with Gasteiger partial charge in [-0.25, -0.2) is 0 Å². The van der Waals surface area contributed by atoms with Gasteiger partial charge in [0.2, 0.25) is 0 Å². The van der Waals surface area contributed by atoms with Crippen LogP contribution in [0.5, 0.6) is 0 Å². The van der Waals surface area contributed by atoms with Gasteiger partial charge in [0.05, 0.1) is 5.60 Å². The number of fused-ring (bicyclic) bond motifs is 1. The molecule has 2 aliphatic carbocycles. The summed E-state index contributed by atoms with van der Waals surface area (Å²) < 4.78 is 6.79. The Morgan fingerprint density at radius 1 is 1.19 bits per heavy atom. The van der Waals surface area contributed by atoms with Crippen molar-refractivity contribution in [1.29, 1.82) is 0 Å². The van der Waals surface area contributed by atoms with Crippen LogP contribution < -0.4 is 0 Å². The van der Waals surface area contributed by atoms with Crippen LogP contribution in [0.25, 0.3) is 0 Å². The maximum Gasteiger partial charge on any atom is 0.192 e. The van der Waals surface area contributed by atoms with Crippen molar-refractivity contribution >= 4 is 14.1 Å². The van der Waals surface area contributed by atoms with Crippen LogP contribution in [0.2, 0.25) is 18.1 Å². The van der Waals surface area contributed by atoms with Gasteiger partial charge in [0, 0.05) is 12.3 Å². The van der Waals surface area contributed by atoms with Crippen LogP contribution in [0.3, 0.4) is 0 Å². The van der Waals surface area contributed by atoms with Gasteiger partial charge in [-0.15, -0.1) is 0 Å². The van der Waals surface area contributed by atoms with Crippen LogP contribution in [-0.4, -0.2) is 19.7 Å². The van der Waals surface area contributed by atoms with Crippen LogP contribution in [0, 0.1) is 23.2 Å². The molecule has 0 N–H and O–H groups in total. The van der Waals surface area contributed by atoms with E-state index in [1.807, 2.05) is 0 Å². The molecule has 2 saturated carbocycles. The van der Waals surface area contributed by atoms with Gasteiger partial charge in [-0.2, -0.15) is 0 Å². The average molecular weight is 395 g/mol. The van der Waals surface area contributed by atoms with Crippen molar-refractivity contribution < 1.29 is 9.22 Å². The number of Topliss-reactive ketones (excluding diaryl/α,β-unsaturated/α-hetero) is 1. The lowest BCUT2D eigenvalue weighted by molar-refractivity contribution is -0.130. The minimum atomic E-state index is -1.54. The number of rotatable bonds is 10. The summed E-state index contributed by atoms with van der Waals surface area (Å²) in [5, 5.41) is 0. The van der Waals surface area contributed by atoms with Crippen molar-refractivity contribution in [2.75, 3.05) is 0 Å². The van der Waals surface area contributed by atoms with Crippen molar-refractivity contribution in [1.82, 2.24) is 0 Å². The lowest BCUT2D eigenvalue weighted by Gasteiger charge is -2.42. The van der Waals surface area contributed by atoms with Crippen molar-refractivity contribution in [3.05, 3.63) is 0 Å². The Hall–Kier alpha value is -0.153. The summed E-state index contributed by atoms with van der Waals surface area (Å²) in [5.41, 5.74) is 0.298. The Morgan fingerprint density at radius 3 is 2.41 bits per heavy atom. The first-order valence-electron chi connectivity index (χ1n) is 11.9. The molecule has 2 aliphatic rings. The van der Waals surface area contributed by atoms with Crippen molar-refractivity contribution in [3.63, 3.8) is 0 Å². The summed E-state index contributed by atoms with van der Waals surface area (Å²) >= 11 is 0. The van der Waals surface area contributed by atoms with Crippen LogP contribution in [0.15, 0.2) is 0 Å². The fourth-order valence-corrected chi connectivity index (χ4v) is 9.77. The maximum atomic E-state index is 12.4. The topological polar surface area (TPSA) is 26.3 Å². The molecule has 158 valence electrons. The molecular formula is C24H46O2Si. The number of carbonyl (C=O) groups is 1. The molecule has 2 rings (SSSR count). The Kier molecular flexibility index (Phi) is 7.81. The summed E-state index contributed by atoms with van der Waals surface area (Å²) in [6, 6.07) is 3.70. The Bertz CT molecular complexity index is 488. The van der Waals surface area contributed by atoms with Crippen LogP contribution >= 0.6 is 0 Å². The SMILES string of the molecule is CC[Si](CC)(CC)OC(C)(C)CCCC(C)C1CCC2C(=O)CCC[C@@]21C. The number of hydrogen-bond donors (Lipinski definition) is 0. The lowest BCUT2D eigenvalue weighted by Crippen LogP contribution is -2.44. The molecule has 4 atom stereocenters. The van der Waals surface area contributed by atoms with Gasteiger partial charge in [-0.3, -0.25) is 4.79 Å². The van der Waals surface area contributed by atoms with E-state index in [1.54, 1.807) is 0 Å². The van der Waals surface area contributed by atoms with Crippen LogP contribution in [0.4, 0.5) is 0 Å². The van der Waals surface area contributed by atoms with Gasteiger partial charge in [-0.05, 0) is 81.3 Å². The Labute approximate surface area is 170 Å². The predicted molar refractivity (Wildman–Crippen MR) is 119 cm³/mol. The van der Waals surface area contributed by atoms with E-state index in [2.05, 4.69) is 48.5 Å². The summed E-state index contributed by atoms with van der Waals surface area (Å²) in [4.78, 5) is 12.4. The molecule has 27 heavy (non-hydrogen) atoms. The normalized spacial score (nSPS) is 30.4. The molecule has 0 bridgehead atoms. The lowest BCUT2D eigenvalue weighted by atomic mass is 9.62. The van der Waals surface area contributed by atoms with E-state index in [0.717, 1.165) is 37.5 Å². The van der Waals surface area contributed by atoms with Gasteiger partial charge in [0.25, 0.3) is 0 Å². The molecule has 3 heteroatoms. The standard InChI is InChI=1S/C24H46O2Si/c1-8-27(9-2,10-3)26-23(5,6)17-11-13-19(4)20-15-16-21-22(25)14-12-18-24(20,21)7/h19-21H,8-18H2,1-7H3/t19?,20?,21?,24-/m1/s1. The molecule has 0 aromatic rings. The number of ketones is 1. The third-order valence-electron chi connectivity index (χ3n) is 8.49. The van der Waals surface area contributed by atoms with Crippen molar-refractivity contribution in [2.24, 2.45) is 23.2 Å². The molecule has 0 heterocycles. The second kappa shape index (κ2) is 9.11. The van der Waals surface area contributed by atoms with E-state index in [1.165, 1.54) is 43.8 Å². The van der Waals surface area contributed by atoms with E-state index in [0.29, 0.717) is 11.7 Å². The highest BCUT2D eigenvalue weighted by Crippen LogP contribution is 2.57. The van der Waals surface area contributed by atoms with Gasteiger partial charge in [0.15, 0.2) is 8.32 Å². The quantitative estimate of drug-likeness (QED) is 0.361. The zero-order valence-electron chi connectivity index (χ0n) is 19.3. The first-order valence-corrected chi connectivity index (χ1v) is 14.4. The zero-order valence-corrected chi connectivity index (χ0v) is 20.3. The molecule has 0 spiro atoms. The molecule has 3 unspecified atom stereocenters. The summed E-state index contributed by atoms with van der Waals surface area (Å²) in [6.07, 6.45) is 9.34. The second-order valence-corrected chi connectivity index (χ2v) is 15.2. The Morgan fingerprint density at radius 2 is 1.81 bits per heavy atom. The maximum absolute atomic E-state index is 12.4. The summed E-state index contributed by atoms with van der Waals surface area (Å²) in [6.45, 7) is 16.5. The van der Waals surface area contributed by atoms with Gasteiger partial charge >= 0.3 is 0 Å². The van der Waals surface area contributed by atoms with Crippen molar-refractivity contribution in [2.45, 2.75) is 124 Å². The Balaban J connectivity index is 1.88. The van der Waals surface area contributed by atoms with Gasteiger partial charge < -0.3 is 4.43 Å². The van der Waals surface area contributed by atoms with Crippen molar-refractivity contribution in [3.8, 4) is 0 Å². The second-order valence-electron chi connectivity index (χ2n) is 10.5.